The van der Waals surface area contributed by atoms with Gasteiger partial charge in [-0.15, -0.1) is 5.10 Å². The van der Waals surface area contributed by atoms with Gasteiger partial charge in [-0.05, 0) is 83.3 Å². The minimum absolute atomic E-state index is 0.0867. The summed E-state index contributed by atoms with van der Waals surface area (Å²) in [6.07, 6.45) is 4.38. The van der Waals surface area contributed by atoms with Gasteiger partial charge in [0.25, 0.3) is 5.56 Å². The standard InChI is InChI=1S/C30H33N7O2/c1-5-28(29-33-34-35-37(29)18-22-8-10-25(39-4)11-9-22)36(17-23-7-6-12-31-16-23)19-24-15-26-21(3)13-20(2)14-27(26)32-30(24)38/h6-16,28H,5,17-19H2,1-4H3,(H,32,38)/t28-/m0/s1. The Kier molecular flexibility index (Phi) is 7.79. The molecule has 0 fully saturated rings. The Morgan fingerprint density at radius 1 is 1.05 bits per heavy atom. The summed E-state index contributed by atoms with van der Waals surface area (Å²) in [5.41, 5.74) is 5.84. The van der Waals surface area contributed by atoms with Crippen molar-refractivity contribution in [1.82, 2.24) is 35.1 Å². The molecule has 0 aliphatic rings. The molecule has 0 unspecified atom stereocenters. The van der Waals surface area contributed by atoms with E-state index < -0.39 is 0 Å². The van der Waals surface area contributed by atoms with Gasteiger partial charge in [-0.2, -0.15) is 0 Å². The third-order valence-electron chi connectivity index (χ3n) is 7.05. The quantitative estimate of drug-likeness (QED) is 0.282. The average molecular weight is 524 g/mol. The molecule has 9 heteroatoms. The van der Waals surface area contributed by atoms with Crippen LogP contribution >= 0.6 is 0 Å². The zero-order valence-corrected chi connectivity index (χ0v) is 22.8. The topological polar surface area (TPSA) is 102 Å². The van der Waals surface area contributed by atoms with Crippen molar-refractivity contribution in [2.75, 3.05) is 7.11 Å². The molecule has 1 N–H and O–H groups in total. The highest BCUT2D eigenvalue weighted by atomic mass is 16.5. The molecule has 0 radical (unpaired) electrons. The van der Waals surface area contributed by atoms with Crippen LogP contribution in [0.15, 0.2) is 71.8 Å². The van der Waals surface area contributed by atoms with E-state index in [1.807, 2.05) is 66.3 Å². The summed E-state index contributed by atoms with van der Waals surface area (Å²) >= 11 is 0. The number of tetrazole rings is 1. The van der Waals surface area contributed by atoms with Gasteiger partial charge >= 0.3 is 0 Å². The molecular weight excluding hydrogens is 490 g/mol. The number of hydrogen-bond donors (Lipinski definition) is 1. The van der Waals surface area contributed by atoms with E-state index in [0.717, 1.165) is 51.2 Å². The maximum atomic E-state index is 13.3. The van der Waals surface area contributed by atoms with Crippen LogP contribution in [-0.4, -0.2) is 42.2 Å². The molecule has 1 atom stereocenters. The molecule has 0 aliphatic heterocycles. The van der Waals surface area contributed by atoms with Crippen LogP contribution < -0.4 is 10.3 Å². The number of aromatic amines is 1. The summed E-state index contributed by atoms with van der Waals surface area (Å²) in [6, 6.07) is 17.9. The number of H-pyrrole nitrogens is 1. The first-order valence-electron chi connectivity index (χ1n) is 13.1. The average Bonchev–Trinajstić information content (AvgIpc) is 3.38. The Morgan fingerprint density at radius 2 is 1.87 bits per heavy atom. The summed E-state index contributed by atoms with van der Waals surface area (Å²) in [4.78, 5) is 22.9. The normalized spacial score (nSPS) is 12.2. The molecule has 39 heavy (non-hydrogen) atoms. The zero-order valence-electron chi connectivity index (χ0n) is 22.8. The largest absolute Gasteiger partial charge is 0.497 e. The Balaban J connectivity index is 1.51. The second-order valence-electron chi connectivity index (χ2n) is 9.90. The van der Waals surface area contributed by atoms with Gasteiger partial charge in [0, 0.05) is 41.9 Å². The van der Waals surface area contributed by atoms with Crippen LogP contribution in [0.5, 0.6) is 5.75 Å². The lowest BCUT2D eigenvalue weighted by atomic mass is 10.0. The van der Waals surface area contributed by atoms with E-state index in [1.165, 1.54) is 0 Å². The maximum absolute atomic E-state index is 13.3. The van der Waals surface area contributed by atoms with Crippen molar-refractivity contribution >= 4 is 10.9 Å². The number of nitrogens with zero attached hydrogens (tertiary/aromatic N) is 6. The molecule has 5 aromatic rings. The van der Waals surface area contributed by atoms with Gasteiger partial charge in [-0.25, -0.2) is 4.68 Å². The Bertz CT molecular complexity index is 1610. The second kappa shape index (κ2) is 11.6. The minimum Gasteiger partial charge on any atom is -0.497 e. The molecule has 0 saturated heterocycles. The van der Waals surface area contributed by atoms with E-state index in [0.29, 0.717) is 25.2 Å². The lowest BCUT2D eigenvalue weighted by molar-refractivity contribution is 0.161. The van der Waals surface area contributed by atoms with Crippen molar-refractivity contribution in [2.45, 2.75) is 52.9 Å². The minimum atomic E-state index is -0.132. The van der Waals surface area contributed by atoms with Gasteiger partial charge in [0.15, 0.2) is 5.82 Å². The van der Waals surface area contributed by atoms with Gasteiger partial charge < -0.3 is 9.72 Å². The fraction of sp³-hybridized carbons (Fsp3) is 0.300. The van der Waals surface area contributed by atoms with Crippen LogP contribution in [0.1, 0.15) is 53.0 Å². The number of hydrogen-bond acceptors (Lipinski definition) is 7. The molecule has 3 heterocycles. The Hall–Kier alpha value is -4.37. The predicted octanol–water partition coefficient (Wildman–Crippen LogP) is 4.74. The third kappa shape index (κ3) is 5.88. The molecule has 0 amide bonds. The summed E-state index contributed by atoms with van der Waals surface area (Å²) in [6.45, 7) is 7.78. The first-order valence-corrected chi connectivity index (χ1v) is 13.1. The van der Waals surface area contributed by atoms with Crippen molar-refractivity contribution in [3.05, 3.63) is 111 Å². The molecule has 2 aromatic carbocycles. The number of nitrogens with one attached hydrogen (secondary N) is 1. The number of benzene rings is 2. The molecule has 9 nitrogen and oxygen atoms in total. The highest BCUT2D eigenvalue weighted by Gasteiger charge is 2.26. The number of ether oxygens (including phenoxy) is 1. The van der Waals surface area contributed by atoms with Crippen LogP contribution in [0.4, 0.5) is 0 Å². The molecule has 3 aromatic heterocycles. The molecule has 5 rings (SSSR count). The van der Waals surface area contributed by atoms with Crippen molar-refractivity contribution in [1.29, 1.82) is 0 Å². The Labute approximate surface area is 227 Å². The molecule has 0 bridgehead atoms. The van der Waals surface area contributed by atoms with Crippen LogP contribution in [0, 0.1) is 13.8 Å². The molecule has 0 aliphatic carbocycles. The summed E-state index contributed by atoms with van der Waals surface area (Å²) in [5, 5.41) is 13.8. The highest BCUT2D eigenvalue weighted by Crippen LogP contribution is 2.27. The Morgan fingerprint density at radius 3 is 2.59 bits per heavy atom. The predicted molar refractivity (Wildman–Crippen MR) is 150 cm³/mol. The van der Waals surface area contributed by atoms with Gasteiger partial charge in [0.2, 0.25) is 0 Å². The third-order valence-corrected chi connectivity index (χ3v) is 7.05. The zero-order chi connectivity index (χ0) is 27.4. The SMILES string of the molecule is CC[C@@H](c1nnnn1Cc1ccc(OC)cc1)N(Cc1cccnc1)Cc1cc2c(C)cc(C)cc2[nH]c1=O. The number of aromatic nitrogens is 6. The lowest BCUT2D eigenvalue weighted by Crippen LogP contribution is -2.32. The maximum Gasteiger partial charge on any atom is 0.252 e. The first kappa shape index (κ1) is 26.2. The monoisotopic (exact) mass is 523 g/mol. The van der Waals surface area contributed by atoms with Gasteiger partial charge in [-0.3, -0.25) is 14.7 Å². The molecule has 0 spiro atoms. The summed E-state index contributed by atoms with van der Waals surface area (Å²) < 4.78 is 7.13. The highest BCUT2D eigenvalue weighted by molar-refractivity contribution is 5.83. The number of methoxy groups -OCH3 is 1. The first-order chi connectivity index (χ1) is 18.9. The van der Waals surface area contributed by atoms with Crippen molar-refractivity contribution < 1.29 is 4.74 Å². The van der Waals surface area contributed by atoms with E-state index in [1.54, 1.807) is 13.3 Å². The lowest BCUT2D eigenvalue weighted by Gasteiger charge is -2.30. The number of aryl methyl sites for hydroxylation is 2. The van der Waals surface area contributed by atoms with Gasteiger partial charge in [-0.1, -0.05) is 31.2 Å². The fourth-order valence-electron chi connectivity index (χ4n) is 5.13. The van der Waals surface area contributed by atoms with E-state index in [9.17, 15) is 4.79 Å². The number of fused-ring (bicyclic) bond motifs is 1. The molecule has 0 saturated carbocycles. The van der Waals surface area contributed by atoms with Crippen molar-refractivity contribution in [2.24, 2.45) is 0 Å². The smallest absolute Gasteiger partial charge is 0.252 e. The summed E-state index contributed by atoms with van der Waals surface area (Å²) in [5.74, 6) is 1.55. The fourth-order valence-corrected chi connectivity index (χ4v) is 5.13. The van der Waals surface area contributed by atoms with Crippen molar-refractivity contribution in [3.8, 4) is 5.75 Å². The van der Waals surface area contributed by atoms with Crippen molar-refractivity contribution in [3.63, 3.8) is 0 Å². The second-order valence-corrected chi connectivity index (χ2v) is 9.90. The molecular formula is C30H33N7O2. The van der Waals surface area contributed by atoms with Gasteiger partial charge in [0.05, 0.1) is 19.7 Å². The van der Waals surface area contributed by atoms with Crippen LogP contribution in [-0.2, 0) is 19.6 Å². The van der Waals surface area contributed by atoms with E-state index in [2.05, 4.69) is 50.3 Å². The van der Waals surface area contributed by atoms with E-state index in [4.69, 9.17) is 4.74 Å². The van der Waals surface area contributed by atoms with Crippen LogP contribution in [0.3, 0.4) is 0 Å². The van der Waals surface area contributed by atoms with E-state index >= 15 is 0 Å². The van der Waals surface area contributed by atoms with E-state index in [-0.39, 0.29) is 11.6 Å². The van der Waals surface area contributed by atoms with Gasteiger partial charge in [0.1, 0.15) is 5.75 Å². The van der Waals surface area contributed by atoms with Crippen LogP contribution in [0.25, 0.3) is 10.9 Å². The summed E-state index contributed by atoms with van der Waals surface area (Å²) in [7, 11) is 1.65. The van der Waals surface area contributed by atoms with Crippen LogP contribution in [0.2, 0.25) is 0 Å². The number of rotatable bonds is 10. The molecule has 200 valence electrons. The number of pyridine rings is 2.